The molecule has 4 heteroatoms. The van der Waals surface area contributed by atoms with Gasteiger partial charge in [0.25, 0.3) is 0 Å². The quantitative estimate of drug-likeness (QED) is 0.659. The van der Waals surface area contributed by atoms with E-state index in [1.54, 1.807) is 7.05 Å². The SMILES string of the molecule is CNCC1CCCCN1CC(=O)NC. The zero-order chi connectivity index (χ0) is 10.4. The molecule has 82 valence electrons. The second-order valence-electron chi connectivity index (χ2n) is 3.85. The number of carbonyl (C=O) groups is 1. The maximum Gasteiger partial charge on any atom is 0.233 e. The Morgan fingerprint density at radius 3 is 2.86 bits per heavy atom. The van der Waals surface area contributed by atoms with Gasteiger partial charge in [-0.3, -0.25) is 9.69 Å². The molecule has 4 nitrogen and oxygen atoms in total. The molecule has 0 bridgehead atoms. The molecule has 0 radical (unpaired) electrons. The number of piperidine rings is 1. The van der Waals surface area contributed by atoms with E-state index in [1.165, 1.54) is 19.3 Å². The first-order valence-corrected chi connectivity index (χ1v) is 5.37. The highest BCUT2D eigenvalue weighted by Crippen LogP contribution is 2.15. The minimum atomic E-state index is 0.119. The smallest absolute Gasteiger partial charge is 0.233 e. The summed E-state index contributed by atoms with van der Waals surface area (Å²) in [5, 5.41) is 5.86. The summed E-state index contributed by atoms with van der Waals surface area (Å²) < 4.78 is 0. The van der Waals surface area contributed by atoms with Crippen LogP contribution >= 0.6 is 0 Å². The molecular weight excluding hydrogens is 178 g/mol. The third kappa shape index (κ3) is 3.27. The molecule has 1 saturated heterocycles. The van der Waals surface area contributed by atoms with Crippen LogP contribution in [-0.2, 0) is 4.79 Å². The lowest BCUT2D eigenvalue weighted by molar-refractivity contribution is -0.122. The minimum absolute atomic E-state index is 0.119. The third-order valence-electron chi connectivity index (χ3n) is 2.81. The maximum absolute atomic E-state index is 11.3. The van der Waals surface area contributed by atoms with Gasteiger partial charge in [0, 0.05) is 19.6 Å². The van der Waals surface area contributed by atoms with Gasteiger partial charge >= 0.3 is 0 Å². The predicted molar refractivity (Wildman–Crippen MR) is 57.2 cm³/mol. The van der Waals surface area contributed by atoms with E-state index in [-0.39, 0.29) is 5.91 Å². The monoisotopic (exact) mass is 199 g/mol. The summed E-state index contributed by atoms with van der Waals surface area (Å²) in [5.41, 5.74) is 0. The van der Waals surface area contributed by atoms with E-state index in [9.17, 15) is 4.79 Å². The van der Waals surface area contributed by atoms with Crippen LogP contribution in [0.5, 0.6) is 0 Å². The minimum Gasteiger partial charge on any atom is -0.358 e. The lowest BCUT2D eigenvalue weighted by Gasteiger charge is -2.34. The van der Waals surface area contributed by atoms with Gasteiger partial charge in [-0.15, -0.1) is 0 Å². The third-order valence-corrected chi connectivity index (χ3v) is 2.81. The van der Waals surface area contributed by atoms with E-state index in [1.807, 2.05) is 7.05 Å². The van der Waals surface area contributed by atoms with Crippen molar-refractivity contribution in [3.05, 3.63) is 0 Å². The molecule has 1 amide bonds. The van der Waals surface area contributed by atoms with E-state index >= 15 is 0 Å². The molecular formula is C10H21N3O. The average molecular weight is 199 g/mol. The molecule has 1 fully saturated rings. The number of nitrogens with zero attached hydrogens (tertiary/aromatic N) is 1. The summed E-state index contributed by atoms with van der Waals surface area (Å²) >= 11 is 0. The zero-order valence-electron chi connectivity index (χ0n) is 9.18. The predicted octanol–water partition coefficient (Wildman–Crippen LogP) is -0.194. The van der Waals surface area contributed by atoms with Gasteiger partial charge in [0.15, 0.2) is 0 Å². The number of hydrogen-bond acceptors (Lipinski definition) is 3. The van der Waals surface area contributed by atoms with Gasteiger partial charge in [0.1, 0.15) is 0 Å². The molecule has 1 aliphatic rings. The number of likely N-dealkylation sites (tertiary alicyclic amines) is 1. The van der Waals surface area contributed by atoms with E-state index in [2.05, 4.69) is 15.5 Å². The Morgan fingerprint density at radius 1 is 1.43 bits per heavy atom. The molecule has 0 aromatic heterocycles. The number of amides is 1. The van der Waals surface area contributed by atoms with E-state index < -0.39 is 0 Å². The van der Waals surface area contributed by atoms with Gasteiger partial charge in [0.2, 0.25) is 5.91 Å². The highest BCUT2D eigenvalue weighted by atomic mass is 16.1. The van der Waals surface area contributed by atoms with Crippen LogP contribution in [0.4, 0.5) is 0 Å². The lowest BCUT2D eigenvalue weighted by Crippen LogP contribution is -2.48. The molecule has 2 N–H and O–H groups in total. The van der Waals surface area contributed by atoms with Gasteiger partial charge in [-0.25, -0.2) is 0 Å². The fourth-order valence-electron chi connectivity index (χ4n) is 2.00. The number of nitrogens with one attached hydrogen (secondary N) is 2. The Balaban J connectivity index is 2.41. The number of hydrogen-bond donors (Lipinski definition) is 2. The fourth-order valence-corrected chi connectivity index (χ4v) is 2.00. The number of rotatable bonds is 4. The molecule has 0 aromatic carbocycles. The van der Waals surface area contributed by atoms with Crippen LogP contribution < -0.4 is 10.6 Å². The summed E-state index contributed by atoms with van der Waals surface area (Å²) in [7, 11) is 3.66. The van der Waals surface area contributed by atoms with Crippen LogP contribution in [0.2, 0.25) is 0 Å². The van der Waals surface area contributed by atoms with Crippen LogP contribution in [0.1, 0.15) is 19.3 Å². The fraction of sp³-hybridized carbons (Fsp3) is 0.900. The van der Waals surface area contributed by atoms with E-state index in [0.717, 1.165) is 13.1 Å². The molecule has 0 aromatic rings. The van der Waals surface area contributed by atoms with Crippen LogP contribution in [0, 0.1) is 0 Å². The summed E-state index contributed by atoms with van der Waals surface area (Å²) in [6, 6.07) is 0.533. The maximum atomic E-state index is 11.3. The van der Waals surface area contributed by atoms with E-state index in [0.29, 0.717) is 12.6 Å². The van der Waals surface area contributed by atoms with Crippen molar-refractivity contribution in [3.63, 3.8) is 0 Å². The Bertz CT molecular complexity index is 182. The Morgan fingerprint density at radius 2 is 2.21 bits per heavy atom. The first-order valence-electron chi connectivity index (χ1n) is 5.37. The molecule has 1 rings (SSSR count). The summed E-state index contributed by atoms with van der Waals surface area (Å²) in [6.07, 6.45) is 3.71. The molecule has 0 saturated carbocycles. The molecule has 0 spiro atoms. The second kappa shape index (κ2) is 5.98. The normalized spacial score (nSPS) is 23.4. The molecule has 1 unspecified atom stereocenters. The van der Waals surface area contributed by atoms with E-state index in [4.69, 9.17) is 0 Å². The van der Waals surface area contributed by atoms with Crippen LogP contribution in [0.15, 0.2) is 0 Å². The van der Waals surface area contributed by atoms with Crippen molar-refractivity contribution >= 4 is 5.91 Å². The molecule has 1 aliphatic heterocycles. The molecule has 1 atom stereocenters. The van der Waals surface area contributed by atoms with Crippen molar-refractivity contribution in [2.75, 3.05) is 33.7 Å². The van der Waals surface area contributed by atoms with Gasteiger partial charge < -0.3 is 10.6 Å². The van der Waals surface area contributed by atoms with Gasteiger partial charge in [-0.05, 0) is 26.4 Å². The van der Waals surface area contributed by atoms with Crippen LogP contribution in [0.3, 0.4) is 0 Å². The lowest BCUT2D eigenvalue weighted by atomic mass is 10.0. The summed E-state index contributed by atoms with van der Waals surface area (Å²) in [4.78, 5) is 13.5. The van der Waals surface area contributed by atoms with Gasteiger partial charge in [0.05, 0.1) is 6.54 Å². The zero-order valence-corrected chi connectivity index (χ0v) is 9.18. The van der Waals surface area contributed by atoms with Crippen LogP contribution in [0.25, 0.3) is 0 Å². The summed E-state index contributed by atoms with van der Waals surface area (Å²) in [6.45, 7) is 2.58. The largest absolute Gasteiger partial charge is 0.358 e. The van der Waals surface area contributed by atoms with Gasteiger partial charge in [-0.1, -0.05) is 6.42 Å². The first-order chi connectivity index (χ1) is 6.77. The highest BCUT2D eigenvalue weighted by molar-refractivity contribution is 5.77. The Labute approximate surface area is 86.0 Å². The van der Waals surface area contributed by atoms with Crippen molar-refractivity contribution < 1.29 is 4.79 Å². The second-order valence-corrected chi connectivity index (χ2v) is 3.85. The van der Waals surface area contributed by atoms with Crippen molar-refractivity contribution in [1.29, 1.82) is 0 Å². The topological polar surface area (TPSA) is 44.4 Å². The van der Waals surface area contributed by atoms with Crippen molar-refractivity contribution in [2.24, 2.45) is 0 Å². The first kappa shape index (κ1) is 11.5. The number of carbonyl (C=O) groups excluding carboxylic acids is 1. The highest BCUT2D eigenvalue weighted by Gasteiger charge is 2.22. The molecule has 1 heterocycles. The summed E-state index contributed by atoms with van der Waals surface area (Å²) in [5.74, 6) is 0.119. The van der Waals surface area contributed by atoms with Crippen molar-refractivity contribution in [3.8, 4) is 0 Å². The molecule has 14 heavy (non-hydrogen) atoms. The standard InChI is InChI=1S/C10H21N3O/c1-11-7-9-5-3-4-6-13(9)8-10(14)12-2/h9,11H,3-8H2,1-2H3,(H,12,14). The Kier molecular flexibility index (Phi) is 4.90. The number of likely N-dealkylation sites (N-methyl/N-ethyl adjacent to an activating group) is 2. The van der Waals surface area contributed by atoms with Gasteiger partial charge in [-0.2, -0.15) is 0 Å². The van der Waals surface area contributed by atoms with Crippen molar-refractivity contribution in [1.82, 2.24) is 15.5 Å². The average Bonchev–Trinajstić information content (AvgIpc) is 2.21. The molecule has 0 aliphatic carbocycles. The van der Waals surface area contributed by atoms with Crippen molar-refractivity contribution in [2.45, 2.75) is 25.3 Å². The van der Waals surface area contributed by atoms with Crippen LogP contribution in [-0.4, -0.2) is 50.6 Å². The Hall–Kier alpha value is -0.610.